The highest BCUT2D eigenvalue weighted by atomic mass is 35.5. The van der Waals surface area contributed by atoms with Crippen molar-refractivity contribution >= 4 is 39.1 Å². The van der Waals surface area contributed by atoms with E-state index in [-0.39, 0.29) is 49.2 Å². The molecule has 1 amide bonds. The summed E-state index contributed by atoms with van der Waals surface area (Å²) in [6, 6.07) is 9.52. The van der Waals surface area contributed by atoms with Gasteiger partial charge < -0.3 is 10.0 Å². The minimum absolute atomic E-state index is 0.0594. The second-order valence-corrected chi connectivity index (χ2v) is 9.35. The monoisotopic (exact) mass is 442 g/mol. The zero-order valence-electron chi connectivity index (χ0n) is 15.2. The average Bonchev–Trinajstić information content (AvgIpc) is 2.66. The van der Waals surface area contributed by atoms with Gasteiger partial charge in [0.25, 0.3) is 0 Å². The highest BCUT2D eigenvalue weighted by molar-refractivity contribution is 7.89. The number of aromatic hydroxyl groups is 1. The molecule has 1 aliphatic heterocycles. The maximum atomic E-state index is 12.8. The van der Waals surface area contributed by atoms with Gasteiger partial charge in [0.15, 0.2) is 0 Å². The Balaban J connectivity index is 1.69. The Kier molecular flexibility index (Phi) is 6.19. The van der Waals surface area contributed by atoms with Crippen LogP contribution in [-0.4, -0.2) is 54.8 Å². The van der Waals surface area contributed by atoms with Crippen LogP contribution < -0.4 is 0 Å². The van der Waals surface area contributed by atoms with Crippen molar-refractivity contribution in [1.82, 2.24) is 9.21 Å². The molecule has 1 N–H and O–H groups in total. The van der Waals surface area contributed by atoms with Crippen molar-refractivity contribution < 1.29 is 18.3 Å². The molecule has 3 rings (SSSR count). The second kappa shape index (κ2) is 8.29. The molecule has 1 fully saturated rings. The third-order valence-corrected chi connectivity index (χ3v) is 7.35. The number of aryl methyl sites for hydroxylation is 1. The first kappa shape index (κ1) is 20.9. The summed E-state index contributed by atoms with van der Waals surface area (Å²) < 4.78 is 27.0. The van der Waals surface area contributed by atoms with Gasteiger partial charge in [0.2, 0.25) is 15.9 Å². The van der Waals surface area contributed by atoms with Crippen molar-refractivity contribution in [2.75, 3.05) is 26.2 Å². The number of piperazine rings is 1. The lowest BCUT2D eigenvalue weighted by molar-refractivity contribution is -0.131. The number of carbonyl (C=O) groups is 1. The molecule has 2 aromatic rings. The van der Waals surface area contributed by atoms with Crippen LogP contribution in [-0.2, 0) is 21.2 Å². The van der Waals surface area contributed by atoms with Crippen LogP contribution in [0.5, 0.6) is 5.75 Å². The van der Waals surface area contributed by atoms with Gasteiger partial charge in [0.1, 0.15) is 10.6 Å². The lowest BCUT2D eigenvalue weighted by Gasteiger charge is -2.34. The van der Waals surface area contributed by atoms with E-state index in [0.29, 0.717) is 15.6 Å². The molecule has 150 valence electrons. The summed E-state index contributed by atoms with van der Waals surface area (Å²) in [6.07, 6.45) is 0.0594. The molecule has 0 saturated carbocycles. The lowest BCUT2D eigenvalue weighted by atomic mass is 10.1. The van der Waals surface area contributed by atoms with Gasteiger partial charge in [-0.3, -0.25) is 4.79 Å². The first-order valence-corrected chi connectivity index (χ1v) is 10.9. The van der Waals surface area contributed by atoms with Gasteiger partial charge in [-0.25, -0.2) is 8.42 Å². The summed E-state index contributed by atoms with van der Waals surface area (Å²) in [4.78, 5) is 14.1. The summed E-state index contributed by atoms with van der Waals surface area (Å²) >= 11 is 12.2. The number of amides is 1. The van der Waals surface area contributed by atoms with Crippen LogP contribution in [0.1, 0.15) is 11.1 Å². The Morgan fingerprint density at radius 1 is 1.07 bits per heavy atom. The predicted octanol–water partition coefficient (Wildman–Crippen LogP) is 3.08. The van der Waals surface area contributed by atoms with E-state index >= 15 is 0 Å². The molecule has 0 unspecified atom stereocenters. The Morgan fingerprint density at radius 3 is 2.29 bits per heavy atom. The fourth-order valence-electron chi connectivity index (χ4n) is 3.11. The zero-order valence-corrected chi connectivity index (χ0v) is 17.6. The quantitative estimate of drug-likeness (QED) is 0.788. The molecule has 2 aromatic carbocycles. The zero-order chi connectivity index (χ0) is 20.5. The first-order valence-electron chi connectivity index (χ1n) is 8.70. The SMILES string of the molecule is Cc1ccc(O)c(S(=O)(=O)N2CCN(C(=O)Cc3c(Cl)cccc3Cl)CC2)c1. The van der Waals surface area contributed by atoms with E-state index in [9.17, 15) is 18.3 Å². The van der Waals surface area contributed by atoms with Gasteiger partial charge in [-0.05, 0) is 42.3 Å². The fraction of sp³-hybridized carbons (Fsp3) is 0.316. The summed E-state index contributed by atoms with van der Waals surface area (Å²) in [5.74, 6) is -0.442. The standard InChI is InChI=1S/C19H20Cl2N2O4S/c1-13-5-6-17(24)18(11-13)28(26,27)23-9-7-22(8-10-23)19(25)12-14-15(20)3-2-4-16(14)21/h2-6,11,24H,7-10,12H2,1H3. The smallest absolute Gasteiger partial charge is 0.246 e. The Hall–Kier alpha value is -1.80. The molecule has 1 saturated heterocycles. The van der Waals surface area contributed by atoms with E-state index in [0.717, 1.165) is 5.56 Å². The van der Waals surface area contributed by atoms with E-state index < -0.39 is 10.0 Å². The van der Waals surface area contributed by atoms with Gasteiger partial charge in [-0.15, -0.1) is 0 Å². The van der Waals surface area contributed by atoms with Crippen molar-refractivity contribution in [3.05, 3.63) is 57.6 Å². The van der Waals surface area contributed by atoms with Crippen molar-refractivity contribution in [3.8, 4) is 5.75 Å². The molecule has 6 nitrogen and oxygen atoms in total. The molecule has 1 aliphatic rings. The molecule has 0 bridgehead atoms. The molecule has 1 heterocycles. The van der Waals surface area contributed by atoms with E-state index in [1.807, 2.05) is 0 Å². The molecule has 0 aromatic heterocycles. The van der Waals surface area contributed by atoms with Gasteiger partial charge >= 0.3 is 0 Å². The summed E-state index contributed by atoms with van der Waals surface area (Å²) in [7, 11) is -3.83. The van der Waals surface area contributed by atoms with E-state index in [1.54, 1.807) is 36.1 Å². The van der Waals surface area contributed by atoms with Crippen LogP contribution in [0, 0.1) is 6.92 Å². The maximum absolute atomic E-state index is 12.8. The molecule has 9 heteroatoms. The number of halogens is 2. The Bertz CT molecular complexity index is 983. The third-order valence-electron chi connectivity index (χ3n) is 4.71. The van der Waals surface area contributed by atoms with Crippen LogP contribution in [0.15, 0.2) is 41.3 Å². The number of benzene rings is 2. The number of sulfonamides is 1. The minimum atomic E-state index is -3.83. The van der Waals surface area contributed by atoms with Crippen molar-refractivity contribution in [1.29, 1.82) is 0 Å². The van der Waals surface area contributed by atoms with E-state index in [4.69, 9.17) is 23.2 Å². The molecule has 0 aliphatic carbocycles. The third kappa shape index (κ3) is 4.27. The minimum Gasteiger partial charge on any atom is -0.507 e. The first-order chi connectivity index (χ1) is 13.2. The average molecular weight is 443 g/mol. The Labute approximate surface area is 174 Å². The van der Waals surface area contributed by atoms with E-state index in [2.05, 4.69) is 0 Å². The highest BCUT2D eigenvalue weighted by Crippen LogP contribution is 2.28. The van der Waals surface area contributed by atoms with Gasteiger partial charge in [-0.2, -0.15) is 4.31 Å². The number of phenols is 1. The fourth-order valence-corrected chi connectivity index (χ4v) is 5.23. The normalized spacial score (nSPS) is 15.6. The van der Waals surface area contributed by atoms with Gasteiger partial charge in [-0.1, -0.05) is 35.3 Å². The van der Waals surface area contributed by atoms with Crippen molar-refractivity contribution in [2.45, 2.75) is 18.2 Å². The largest absolute Gasteiger partial charge is 0.507 e. The molecule has 0 spiro atoms. The van der Waals surface area contributed by atoms with Gasteiger partial charge in [0.05, 0.1) is 6.42 Å². The predicted molar refractivity (Wildman–Crippen MR) is 108 cm³/mol. The summed E-state index contributed by atoms with van der Waals surface area (Å²) in [6.45, 7) is 2.57. The van der Waals surface area contributed by atoms with Crippen molar-refractivity contribution in [2.24, 2.45) is 0 Å². The number of hydrogen-bond donors (Lipinski definition) is 1. The topological polar surface area (TPSA) is 77.9 Å². The Morgan fingerprint density at radius 2 is 1.68 bits per heavy atom. The highest BCUT2D eigenvalue weighted by Gasteiger charge is 2.32. The second-order valence-electron chi connectivity index (χ2n) is 6.63. The number of hydrogen-bond acceptors (Lipinski definition) is 4. The van der Waals surface area contributed by atoms with Crippen LogP contribution in [0.2, 0.25) is 10.0 Å². The van der Waals surface area contributed by atoms with Crippen LogP contribution in [0.4, 0.5) is 0 Å². The maximum Gasteiger partial charge on any atom is 0.246 e. The lowest BCUT2D eigenvalue weighted by Crippen LogP contribution is -2.50. The molecule has 28 heavy (non-hydrogen) atoms. The summed E-state index contributed by atoms with van der Waals surface area (Å²) in [5, 5.41) is 10.8. The van der Waals surface area contributed by atoms with Crippen LogP contribution >= 0.6 is 23.2 Å². The molecular formula is C19H20Cl2N2O4S. The van der Waals surface area contributed by atoms with Crippen LogP contribution in [0.25, 0.3) is 0 Å². The molecular weight excluding hydrogens is 423 g/mol. The number of carbonyl (C=O) groups excluding carboxylic acids is 1. The number of phenolic OH excluding ortho intramolecular Hbond substituents is 1. The number of nitrogens with zero attached hydrogens (tertiary/aromatic N) is 2. The molecule has 0 atom stereocenters. The van der Waals surface area contributed by atoms with Crippen LogP contribution in [0.3, 0.4) is 0 Å². The summed E-state index contributed by atoms with van der Waals surface area (Å²) in [5.41, 5.74) is 1.30. The van der Waals surface area contributed by atoms with E-state index in [1.165, 1.54) is 16.4 Å². The van der Waals surface area contributed by atoms with Gasteiger partial charge in [0, 0.05) is 36.2 Å². The molecule has 0 radical (unpaired) electrons. The van der Waals surface area contributed by atoms with Crippen molar-refractivity contribution in [3.63, 3.8) is 0 Å². The number of rotatable bonds is 4.